The van der Waals surface area contributed by atoms with Crippen molar-refractivity contribution < 1.29 is 12.8 Å². The Morgan fingerprint density at radius 3 is 2.61 bits per heavy atom. The number of hydrogen-bond donors (Lipinski definition) is 2. The second-order valence-corrected chi connectivity index (χ2v) is 6.31. The normalized spacial score (nSPS) is 17.9. The van der Waals surface area contributed by atoms with E-state index in [2.05, 4.69) is 10.0 Å². The minimum Gasteiger partial charge on any atom is -0.317 e. The Hall–Kier alpha value is -0.690. The van der Waals surface area contributed by atoms with E-state index in [1.807, 2.05) is 0 Å². The highest BCUT2D eigenvalue weighted by atomic mass is 35.5. The molecule has 0 unspecified atom stereocenters. The number of rotatable bonds is 3. The predicted molar refractivity (Wildman–Crippen MR) is 67.6 cm³/mol. The van der Waals surface area contributed by atoms with Gasteiger partial charge >= 0.3 is 0 Å². The van der Waals surface area contributed by atoms with E-state index in [-0.39, 0.29) is 16.0 Å². The van der Waals surface area contributed by atoms with Crippen LogP contribution in [0.25, 0.3) is 0 Å². The van der Waals surface area contributed by atoms with Crippen molar-refractivity contribution in [3.63, 3.8) is 0 Å². The minimum absolute atomic E-state index is 0.0795. The zero-order chi connectivity index (χ0) is 13.2. The molecular formula is C11H14ClFN2O2S. The molecule has 7 heteroatoms. The van der Waals surface area contributed by atoms with Crippen LogP contribution in [0.2, 0.25) is 5.02 Å². The van der Waals surface area contributed by atoms with Gasteiger partial charge in [0.1, 0.15) is 10.7 Å². The fraction of sp³-hybridized carbons (Fsp3) is 0.455. The summed E-state index contributed by atoms with van der Waals surface area (Å²) >= 11 is 5.76. The molecule has 1 saturated heterocycles. The summed E-state index contributed by atoms with van der Waals surface area (Å²) in [5.41, 5.74) is 0. The molecule has 0 aliphatic carbocycles. The molecule has 0 radical (unpaired) electrons. The summed E-state index contributed by atoms with van der Waals surface area (Å²) in [7, 11) is -3.68. The zero-order valence-electron chi connectivity index (χ0n) is 9.62. The van der Waals surface area contributed by atoms with Gasteiger partial charge < -0.3 is 5.32 Å². The summed E-state index contributed by atoms with van der Waals surface area (Å²) < 4.78 is 39.7. The molecule has 0 aromatic heterocycles. The number of benzene rings is 1. The van der Waals surface area contributed by atoms with Crippen LogP contribution in [-0.2, 0) is 10.0 Å². The molecule has 2 N–H and O–H groups in total. The summed E-state index contributed by atoms with van der Waals surface area (Å²) in [6.45, 7) is 1.56. The van der Waals surface area contributed by atoms with Gasteiger partial charge in [-0.15, -0.1) is 0 Å². The molecule has 4 nitrogen and oxygen atoms in total. The standard InChI is InChI=1S/C11H14ClFN2O2S/c12-10-7-8(13)1-2-11(10)18(16,17)15-9-3-5-14-6-4-9/h1-2,7,9,14-15H,3-6H2. The largest absolute Gasteiger partial charge is 0.317 e. The highest BCUT2D eigenvalue weighted by Crippen LogP contribution is 2.22. The van der Waals surface area contributed by atoms with E-state index >= 15 is 0 Å². The van der Waals surface area contributed by atoms with Crippen LogP contribution >= 0.6 is 11.6 Å². The average molecular weight is 293 g/mol. The van der Waals surface area contributed by atoms with Gasteiger partial charge in [0.25, 0.3) is 0 Å². The second kappa shape index (κ2) is 5.52. The molecule has 1 fully saturated rings. The lowest BCUT2D eigenvalue weighted by Gasteiger charge is -2.23. The molecule has 1 aromatic rings. The highest BCUT2D eigenvalue weighted by Gasteiger charge is 2.23. The van der Waals surface area contributed by atoms with E-state index in [1.165, 1.54) is 6.07 Å². The Bertz CT molecular complexity index is 530. The third kappa shape index (κ3) is 3.20. The van der Waals surface area contributed by atoms with Crippen LogP contribution in [0.4, 0.5) is 4.39 Å². The molecule has 2 rings (SSSR count). The number of hydrogen-bond acceptors (Lipinski definition) is 3. The van der Waals surface area contributed by atoms with Crippen LogP contribution in [0, 0.1) is 5.82 Å². The molecule has 100 valence electrons. The summed E-state index contributed by atoms with van der Waals surface area (Å²) in [4.78, 5) is -0.0795. The fourth-order valence-corrected chi connectivity index (χ4v) is 3.75. The number of nitrogens with one attached hydrogen (secondary N) is 2. The highest BCUT2D eigenvalue weighted by molar-refractivity contribution is 7.89. The van der Waals surface area contributed by atoms with Crippen molar-refractivity contribution in [3.05, 3.63) is 29.0 Å². The molecule has 0 atom stereocenters. The molecule has 18 heavy (non-hydrogen) atoms. The first kappa shape index (κ1) is 13.7. The molecule has 0 amide bonds. The maximum Gasteiger partial charge on any atom is 0.242 e. The third-order valence-corrected chi connectivity index (χ3v) is 4.85. The monoisotopic (exact) mass is 292 g/mol. The Morgan fingerprint density at radius 2 is 2.00 bits per heavy atom. The fourth-order valence-electron chi connectivity index (χ4n) is 1.92. The first-order chi connectivity index (χ1) is 8.49. The minimum atomic E-state index is -3.68. The Kier molecular flexibility index (Phi) is 4.21. The van der Waals surface area contributed by atoms with Gasteiger partial charge in [-0.05, 0) is 44.1 Å². The Morgan fingerprint density at radius 1 is 1.33 bits per heavy atom. The van der Waals surface area contributed by atoms with Crippen LogP contribution < -0.4 is 10.0 Å². The predicted octanol–water partition coefficient (Wildman–Crippen LogP) is 1.51. The van der Waals surface area contributed by atoms with Gasteiger partial charge in [-0.25, -0.2) is 17.5 Å². The van der Waals surface area contributed by atoms with Gasteiger partial charge in [0.05, 0.1) is 5.02 Å². The van der Waals surface area contributed by atoms with Crippen LogP contribution in [0.1, 0.15) is 12.8 Å². The number of halogens is 2. The molecule has 1 aromatic carbocycles. The molecule has 1 aliphatic rings. The van der Waals surface area contributed by atoms with Gasteiger partial charge in [-0.3, -0.25) is 0 Å². The van der Waals surface area contributed by atoms with Gasteiger partial charge in [0, 0.05) is 6.04 Å². The van der Waals surface area contributed by atoms with Gasteiger partial charge in [0.2, 0.25) is 10.0 Å². The van der Waals surface area contributed by atoms with Gasteiger partial charge in [0.15, 0.2) is 0 Å². The van der Waals surface area contributed by atoms with Crippen molar-refractivity contribution in [1.29, 1.82) is 0 Å². The van der Waals surface area contributed by atoms with Crippen molar-refractivity contribution in [3.8, 4) is 0 Å². The topological polar surface area (TPSA) is 58.2 Å². The lowest BCUT2D eigenvalue weighted by molar-refractivity contribution is 0.427. The average Bonchev–Trinajstić information content (AvgIpc) is 2.29. The summed E-state index contributed by atoms with van der Waals surface area (Å²) in [5, 5.41) is 3.05. The Balaban J connectivity index is 2.19. The summed E-state index contributed by atoms with van der Waals surface area (Å²) in [6.07, 6.45) is 1.47. The van der Waals surface area contributed by atoms with Crippen molar-refractivity contribution >= 4 is 21.6 Å². The molecular weight excluding hydrogens is 279 g/mol. The van der Waals surface area contributed by atoms with E-state index < -0.39 is 15.8 Å². The number of sulfonamides is 1. The lowest BCUT2D eigenvalue weighted by atomic mass is 10.1. The van der Waals surface area contributed by atoms with Gasteiger partial charge in [-0.2, -0.15) is 0 Å². The van der Waals surface area contributed by atoms with Crippen LogP contribution in [-0.4, -0.2) is 27.5 Å². The van der Waals surface area contributed by atoms with E-state index in [1.54, 1.807) is 0 Å². The van der Waals surface area contributed by atoms with Crippen LogP contribution in [0.3, 0.4) is 0 Å². The first-order valence-corrected chi connectivity index (χ1v) is 7.53. The SMILES string of the molecule is O=S(=O)(NC1CCNCC1)c1ccc(F)cc1Cl. The van der Waals surface area contributed by atoms with Crippen molar-refractivity contribution in [2.24, 2.45) is 0 Å². The van der Waals surface area contributed by atoms with Crippen molar-refractivity contribution in [2.75, 3.05) is 13.1 Å². The molecule has 0 saturated carbocycles. The maximum absolute atomic E-state index is 12.9. The van der Waals surface area contributed by atoms with Crippen LogP contribution in [0.5, 0.6) is 0 Å². The van der Waals surface area contributed by atoms with E-state index in [9.17, 15) is 12.8 Å². The smallest absolute Gasteiger partial charge is 0.242 e. The Labute approximate surface area is 111 Å². The van der Waals surface area contributed by atoms with E-state index in [4.69, 9.17) is 11.6 Å². The summed E-state index contributed by atoms with van der Waals surface area (Å²) in [6, 6.07) is 3.17. The zero-order valence-corrected chi connectivity index (χ0v) is 11.2. The molecule has 0 spiro atoms. The van der Waals surface area contributed by atoms with Crippen LogP contribution in [0.15, 0.2) is 23.1 Å². The summed E-state index contributed by atoms with van der Waals surface area (Å²) in [5.74, 6) is -0.555. The van der Waals surface area contributed by atoms with E-state index in [0.717, 1.165) is 38.1 Å². The quantitative estimate of drug-likeness (QED) is 0.888. The van der Waals surface area contributed by atoms with Gasteiger partial charge in [-0.1, -0.05) is 11.6 Å². The molecule has 1 aliphatic heterocycles. The van der Waals surface area contributed by atoms with E-state index in [0.29, 0.717) is 0 Å². The number of piperidine rings is 1. The molecule has 1 heterocycles. The third-order valence-electron chi connectivity index (χ3n) is 2.84. The lowest BCUT2D eigenvalue weighted by Crippen LogP contribution is -2.42. The second-order valence-electron chi connectivity index (χ2n) is 4.22. The first-order valence-electron chi connectivity index (χ1n) is 5.67. The van der Waals surface area contributed by atoms with Crippen molar-refractivity contribution in [1.82, 2.24) is 10.0 Å². The van der Waals surface area contributed by atoms with Crippen molar-refractivity contribution in [2.45, 2.75) is 23.8 Å². The maximum atomic E-state index is 12.9. The molecule has 0 bridgehead atoms.